The topological polar surface area (TPSA) is 48.0 Å². The Morgan fingerprint density at radius 2 is 2.04 bits per heavy atom. The van der Waals surface area contributed by atoms with E-state index in [1.165, 1.54) is 18.2 Å². The summed E-state index contributed by atoms with van der Waals surface area (Å²) in [6.45, 7) is 2.74. The molecule has 0 saturated carbocycles. The van der Waals surface area contributed by atoms with Crippen LogP contribution in [-0.2, 0) is 9.47 Å². The van der Waals surface area contributed by atoms with Crippen LogP contribution in [0.5, 0.6) is 5.75 Å². The van der Waals surface area contributed by atoms with Crippen LogP contribution >= 0.6 is 0 Å². The van der Waals surface area contributed by atoms with Crippen molar-refractivity contribution in [1.82, 2.24) is 4.90 Å². The third-order valence-corrected chi connectivity index (χ3v) is 4.32. The van der Waals surface area contributed by atoms with Crippen LogP contribution in [0.4, 0.5) is 18.0 Å². The first-order valence-corrected chi connectivity index (χ1v) is 8.69. The van der Waals surface area contributed by atoms with E-state index in [9.17, 15) is 18.0 Å². The van der Waals surface area contributed by atoms with Crippen molar-refractivity contribution in [1.29, 1.82) is 0 Å². The molecule has 0 aliphatic carbocycles. The molecular weight excluding hydrogens is 363 g/mol. The predicted octanol–water partition coefficient (Wildman–Crippen LogP) is 4.22. The lowest BCUT2D eigenvalue weighted by atomic mass is 9.89. The molecule has 0 spiro atoms. The zero-order valence-corrected chi connectivity index (χ0v) is 15.4. The van der Waals surface area contributed by atoms with Crippen LogP contribution in [0, 0.1) is 5.82 Å². The van der Waals surface area contributed by atoms with Gasteiger partial charge in [-0.1, -0.05) is 12.1 Å². The van der Waals surface area contributed by atoms with Gasteiger partial charge in [-0.3, -0.25) is 4.90 Å². The SMILES string of the molecule is CC(C)(C)OC(=O)N1C2C=C(c3c(F)cccc3OC(F)F)CC1COC2. The minimum absolute atomic E-state index is 0.00135. The molecule has 8 heteroatoms. The molecule has 2 unspecified atom stereocenters. The number of hydrogen-bond acceptors (Lipinski definition) is 4. The minimum atomic E-state index is -3.06. The molecule has 1 aromatic rings. The molecule has 1 amide bonds. The maximum Gasteiger partial charge on any atom is 0.411 e. The molecule has 27 heavy (non-hydrogen) atoms. The van der Waals surface area contributed by atoms with Crippen LogP contribution in [0.1, 0.15) is 32.8 Å². The lowest BCUT2D eigenvalue weighted by Gasteiger charge is -2.44. The Bertz CT molecular complexity index is 745. The van der Waals surface area contributed by atoms with Gasteiger partial charge in [0.15, 0.2) is 0 Å². The van der Waals surface area contributed by atoms with E-state index in [1.807, 2.05) is 0 Å². The Morgan fingerprint density at radius 1 is 1.30 bits per heavy atom. The maximum absolute atomic E-state index is 14.4. The van der Waals surface area contributed by atoms with Crippen molar-refractivity contribution >= 4 is 11.7 Å². The van der Waals surface area contributed by atoms with E-state index in [1.54, 1.807) is 31.7 Å². The van der Waals surface area contributed by atoms with Crippen LogP contribution in [0.2, 0.25) is 0 Å². The maximum atomic E-state index is 14.4. The number of morpholine rings is 1. The van der Waals surface area contributed by atoms with Gasteiger partial charge in [-0.05, 0) is 44.9 Å². The second-order valence-corrected chi connectivity index (χ2v) is 7.53. The van der Waals surface area contributed by atoms with Gasteiger partial charge >= 0.3 is 12.7 Å². The highest BCUT2D eigenvalue weighted by molar-refractivity contribution is 5.77. The summed E-state index contributed by atoms with van der Waals surface area (Å²) in [6, 6.07) is 2.97. The predicted molar refractivity (Wildman–Crippen MR) is 92.1 cm³/mol. The Labute approximate surface area is 155 Å². The first kappa shape index (κ1) is 19.5. The molecule has 0 aromatic heterocycles. The lowest BCUT2D eigenvalue weighted by molar-refractivity contribution is -0.0520. The molecule has 0 N–H and O–H groups in total. The van der Waals surface area contributed by atoms with Gasteiger partial charge in [0.2, 0.25) is 0 Å². The zero-order chi connectivity index (χ0) is 19.8. The number of nitrogens with zero attached hydrogens (tertiary/aromatic N) is 1. The molecule has 0 radical (unpaired) electrons. The van der Waals surface area contributed by atoms with Gasteiger partial charge in [0.05, 0.1) is 30.9 Å². The van der Waals surface area contributed by atoms with Gasteiger partial charge in [-0.25, -0.2) is 9.18 Å². The normalized spacial score (nSPS) is 22.5. The molecule has 2 heterocycles. The third-order valence-electron chi connectivity index (χ3n) is 4.32. The fraction of sp³-hybridized carbons (Fsp3) is 0.526. The average Bonchev–Trinajstić information content (AvgIpc) is 2.51. The standard InChI is InChI=1S/C19H22F3NO4/c1-19(2,3)27-18(24)23-12-7-11(8-13(23)10-25-9-12)16-14(20)5-4-6-15(16)26-17(21)22/h4-7,12-13,17H,8-10H2,1-3H3. The van der Waals surface area contributed by atoms with Crippen LogP contribution in [0.15, 0.2) is 24.3 Å². The number of carbonyl (C=O) groups excluding carboxylic acids is 1. The van der Waals surface area contributed by atoms with Gasteiger partial charge < -0.3 is 14.2 Å². The van der Waals surface area contributed by atoms with Crippen LogP contribution in [-0.4, -0.2) is 48.5 Å². The second kappa shape index (κ2) is 7.42. The lowest BCUT2D eigenvalue weighted by Crippen LogP contribution is -2.57. The number of halogens is 3. The highest BCUT2D eigenvalue weighted by Crippen LogP contribution is 2.38. The molecule has 2 atom stereocenters. The van der Waals surface area contributed by atoms with E-state index in [0.29, 0.717) is 5.57 Å². The zero-order valence-electron chi connectivity index (χ0n) is 15.4. The van der Waals surface area contributed by atoms with Gasteiger partial charge in [0, 0.05) is 0 Å². The molecule has 1 aromatic carbocycles. The summed E-state index contributed by atoms with van der Waals surface area (Å²) >= 11 is 0. The van der Waals surface area contributed by atoms with Gasteiger partial charge in [0.25, 0.3) is 0 Å². The van der Waals surface area contributed by atoms with Gasteiger partial charge in [0.1, 0.15) is 17.2 Å². The molecule has 2 bridgehead atoms. The summed E-state index contributed by atoms with van der Waals surface area (Å²) in [6.07, 6.45) is 1.43. The number of hydrogen-bond donors (Lipinski definition) is 0. The Hall–Kier alpha value is -2.22. The number of carbonyl (C=O) groups is 1. The first-order chi connectivity index (χ1) is 12.7. The number of ether oxygens (including phenoxy) is 3. The quantitative estimate of drug-likeness (QED) is 0.782. The van der Waals surface area contributed by atoms with Crippen molar-refractivity contribution in [3.05, 3.63) is 35.7 Å². The number of amides is 1. The van der Waals surface area contributed by atoms with E-state index in [4.69, 9.17) is 9.47 Å². The highest BCUT2D eigenvalue weighted by atomic mass is 19.3. The molecule has 5 nitrogen and oxygen atoms in total. The number of alkyl halides is 2. The van der Waals surface area contributed by atoms with Crippen molar-refractivity contribution in [3.8, 4) is 5.75 Å². The molecule has 3 rings (SSSR count). The molecule has 148 valence electrons. The third kappa shape index (κ3) is 4.37. The fourth-order valence-electron chi connectivity index (χ4n) is 3.39. The molecule has 2 aliphatic heterocycles. The van der Waals surface area contributed by atoms with E-state index in [-0.39, 0.29) is 37.0 Å². The van der Waals surface area contributed by atoms with Crippen molar-refractivity contribution in [2.45, 2.75) is 51.5 Å². The van der Waals surface area contributed by atoms with Crippen LogP contribution < -0.4 is 4.74 Å². The Balaban J connectivity index is 1.94. The summed E-state index contributed by atoms with van der Waals surface area (Å²) < 4.78 is 55.3. The summed E-state index contributed by atoms with van der Waals surface area (Å²) in [7, 11) is 0. The summed E-state index contributed by atoms with van der Waals surface area (Å²) in [5.41, 5.74) is -0.138. The smallest absolute Gasteiger partial charge is 0.411 e. The van der Waals surface area contributed by atoms with Gasteiger partial charge in [-0.15, -0.1) is 0 Å². The summed E-state index contributed by atoms with van der Waals surface area (Å²) in [4.78, 5) is 14.1. The molecular formula is C19H22F3NO4. The number of rotatable bonds is 3. The van der Waals surface area contributed by atoms with E-state index in [0.717, 1.165) is 0 Å². The number of fused-ring (bicyclic) bond motifs is 2. The van der Waals surface area contributed by atoms with Crippen LogP contribution in [0.3, 0.4) is 0 Å². The average molecular weight is 385 g/mol. The summed E-state index contributed by atoms with van der Waals surface area (Å²) in [5, 5.41) is 0. The van der Waals surface area contributed by atoms with E-state index >= 15 is 0 Å². The highest BCUT2D eigenvalue weighted by Gasteiger charge is 2.41. The van der Waals surface area contributed by atoms with Crippen molar-refractivity contribution < 1.29 is 32.2 Å². The molecule has 1 saturated heterocycles. The number of benzene rings is 1. The Morgan fingerprint density at radius 3 is 2.67 bits per heavy atom. The molecule has 2 aliphatic rings. The fourth-order valence-corrected chi connectivity index (χ4v) is 3.39. The molecule has 1 fully saturated rings. The van der Waals surface area contributed by atoms with Crippen molar-refractivity contribution in [2.24, 2.45) is 0 Å². The van der Waals surface area contributed by atoms with E-state index in [2.05, 4.69) is 4.74 Å². The monoisotopic (exact) mass is 385 g/mol. The minimum Gasteiger partial charge on any atom is -0.444 e. The Kier molecular flexibility index (Phi) is 5.37. The first-order valence-electron chi connectivity index (χ1n) is 8.69. The van der Waals surface area contributed by atoms with Crippen LogP contribution in [0.25, 0.3) is 5.57 Å². The van der Waals surface area contributed by atoms with Crippen molar-refractivity contribution in [3.63, 3.8) is 0 Å². The van der Waals surface area contributed by atoms with Gasteiger partial charge in [-0.2, -0.15) is 8.78 Å². The largest absolute Gasteiger partial charge is 0.444 e. The van der Waals surface area contributed by atoms with Crippen molar-refractivity contribution in [2.75, 3.05) is 13.2 Å². The van der Waals surface area contributed by atoms with E-state index < -0.39 is 30.2 Å². The second-order valence-electron chi connectivity index (χ2n) is 7.53. The summed E-state index contributed by atoms with van der Waals surface area (Å²) in [5.74, 6) is -0.870.